The number of amides is 2. The summed E-state index contributed by atoms with van der Waals surface area (Å²) in [5.41, 5.74) is 9.44. The Hall–Kier alpha value is -3.92. The van der Waals surface area contributed by atoms with E-state index in [9.17, 15) is 9.59 Å². The van der Waals surface area contributed by atoms with E-state index in [0.29, 0.717) is 44.0 Å². The fourth-order valence-corrected chi connectivity index (χ4v) is 4.95. The summed E-state index contributed by atoms with van der Waals surface area (Å²) in [6.07, 6.45) is 6.55. The zero-order valence-corrected chi connectivity index (χ0v) is 22.9. The number of carbonyl (C=O) groups is 2. The Balaban J connectivity index is 1.32. The molecule has 1 atom stereocenters. The van der Waals surface area contributed by atoms with Gasteiger partial charge in [0.25, 0.3) is 5.91 Å². The van der Waals surface area contributed by atoms with Gasteiger partial charge in [-0.05, 0) is 80.6 Å². The molecule has 1 aromatic heterocycles. The van der Waals surface area contributed by atoms with Crippen LogP contribution < -0.4 is 16.4 Å². The first kappa shape index (κ1) is 28.1. The van der Waals surface area contributed by atoms with Crippen molar-refractivity contribution >= 4 is 35.0 Å². The summed E-state index contributed by atoms with van der Waals surface area (Å²) < 4.78 is 5.09. The van der Waals surface area contributed by atoms with Crippen molar-refractivity contribution in [3.05, 3.63) is 59.8 Å². The Morgan fingerprint density at radius 2 is 2.03 bits per heavy atom. The van der Waals surface area contributed by atoms with Gasteiger partial charge in [-0.15, -0.1) is 0 Å². The van der Waals surface area contributed by atoms with E-state index in [4.69, 9.17) is 10.5 Å². The smallest absolute Gasteiger partial charge is 0.410 e. The molecular formula is C29H39N7O3. The van der Waals surface area contributed by atoms with Gasteiger partial charge in [-0.2, -0.15) is 4.99 Å². The third-order valence-electron chi connectivity index (χ3n) is 6.97. The van der Waals surface area contributed by atoms with Crippen LogP contribution in [0.3, 0.4) is 0 Å². The third kappa shape index (κ3) is 8.03. The van der Waals surface area contributed by atoms with Crippen molar-refractivity contribution in [1.29, 1.82) is 0 Å². The van der Waals surface area contributed by atoms with Crippen LogP contribution in [0.15, 0.2) is 53.7 Å². The van der Waals surface area contributed by atoms with Crippen LogP contribution in [0.2, 0.25) is 0 Å². The number of benzene rings is 1. The molecule has 0 radical (unpaired) electrons. The molecule has 4 rings (SSSR count). The lowest BCUT2D eigenvalue weighted by Gasteiger charge is -2.30. The molecule has 2 aliphatic heterocycles. The lowest BCUT2D eigenvalue weighted by atomic mass is 10.0. The van der Waals surface area contributed by atoms with Crippen LogP contribution in [0, 0.1) is 5.92 Å². The van der Waals surface area contributed by atoms with Crippen molar-refractivity contribution in [2.75, 3.05) is 51.2 Å². The minimum atomic E-state index is -0.304. The lowest BCUT2D eigenvalue weighted by molar-refractivity contribution is 0.0943. The molecule has 39 heavy (non-hydrogen) atoms. The van der Waals surface area contributed by atoms with Crippen LogP contribution >= 0.6 is 0 Å². The number of pyridine rings is 1. The second-order valence-corrected chi connectivity index (χ2v) is 10.0. The van der Waals surface area contributed by atoms with Gasteiger partial charge in [0.05, 0.1) is 6.61 Å². The minimum absolute atomic E-state index is 0.0892. The summed E-state index contributed by atoms with van der Waals surface area (Å²) in [4.78, 5) is 37.6. The SMILES string of the molecule is CCOC(=O)N1CC=C(c2cccnc2N=C(N)Nc2ccc(C(=O)NCCN3CCCC(C)C3)cc2)CC1. The van der Waals surface area contributed by atoms with Gasteiger partial charge >= 0.3 is 6.09 Å². The maximum absolute atomic E-state index is 12.6. The van der Waals surface area contributed by atoms with Crippen LogP contribution in [0.1, 0.15) is 49.0 Å². The van der Waals surface area contributed by atoms with Gasteiger partial charge < -0.3 is 30.9 Å². The monoisotopic (exact) mass is 533 g/mol. The van der Waals surface area contributed by atoms with E-state index in [-0.39, 0.29) is 18.0 Å². The van der Waals surface area contributed by atoms with Crippen LogP contribution in [-0.4, -0.2) is 78.6 Å². The van der Waals surface area contributed by atoms with Gasteiger partial charge in [0.1, 0.15) is 0 Å². The van der Waals surface area contributed by atoms with Crippen molar-refractivity contribution in [2.24, 2.45) is 16.6 Å². The topological polar surface area (TPSA) is 125 Å². The third-order valence-corrected chi connectivity index (χ3v) is 6.97. The Bertz CT molecular complexity index is 1200. The highest BCUT2D eigenvalue weighted by Gasteiger charge is 2.20. The number of hydrogen-bond donors (Lipinski definition) is 3. The molecule has 3 heterocycles. The highest BCUT2D eigenvalue weighted by atomic mass is 16.6. The molecule has 2 aliphatic rings. The summed E-state index contributed by atoms with van der Waals surface area (Å²) in [7, 11) is 0. The number of rotatable bonds is 8. The molecule has 2 aromatic rings. The number of ether oxygens (including phenoxy) is 1. The average molecular weight is 534 g/mol. The number of nitrogens with zero attached hydrogens (tertiary/aromatic N) is 4. The van der Waals surface area contributed by atoms with Crippen molar-refractivity contribution < 1.29 is 14.3 Å². The number of guanidine groups is 1. The molecule has 1 fully saturated rings. The van der Waals surface area contributed by atoms with E-state index < -0.39 is 0 Å². The van der Waals surface area contributed by atoms with E-state index in [1.165, 1.54) is 12.8 Å². The van der Waals surface area contributed by atoms with Gasteiger partial charge in [0.15, 0.2) is 11.8 Å². The fourth-order valence-electron chi connectivity index (χ4n) is 4.95. The number of aliphatic imine (C=N–C) groups is 1. The number of anilines is 1. The summed E-state index contributed by atoms with van der Waals surface area (Å²) in [6, 6.07) is 10.9. The second-order valence-electron chi connectivity index (χ2n) is 10.0. The highest BCUT2D eigenvalue weighted by molar-refractivity contribution is 5.97. The predicted octanol–water partition coefficient (Wildman–Crippen LogP) is 3.85. The molecular weight excluding hydrogens is 494 g/mol. The molecule has 0 aliphatic carbocycles. The lowest BCUT2D eigenvalue weighted by Crippen LogP contribution is -2.40. The van der Waals surface area contributed by atoms with Crippen molar-refractivity contribution in [3.8, 4) is 0 Å². The standard InChI is InChI=1S/C29H39N7O3/c1-3-39-29(38)36-17-12-22(13-18-36)25-7-4-14-31-26(25)34-28(30)33-24-10-8-23(9-11-24)27(37)32-15-19-35-16-5-6-21(2)20-35/h4,7-12,14,21H,3,5-6,13,15-20H2,1-2H3,(H,32,37)(H3,30,31,33,34). The van der Waals surface area contributed by atoms with E-state index in [1.807, 2.05) is 18.2 Å². The summed E-state index contributed by atoms with van der Waals surface area (Å²) in [5.74, 6) is 1.32. The van der Waals surface area contributed by atoms with Gasteiger partial charge in [-0.1, -0.05) is 13.0 Å². The summed E-state index contributed by atoms with van der Waals surface area (Å²) >= 11 is 0. The molecule has 4 N–H and O–H groups in total. The largest absolute Gasteiger partial charge is 0.450 e. The van der Waals surface area contributed by atoms with Crippen molar-refractivity contribution in [1.82, 2.24) is 20.1 Å². The predicted molar refractivity (Wildman–Crippen MR) is 154 cm³/mol. The Morgan fingerprint density at radius 3 is 2.74 bits per heavy atom. The number of hydrogen-bond acceptors (Lipinski definition) is 6. The fraction of sp³-hybridized carbons (Fsp3) is 0.448. The van der Waals surface area contributed by atoms with Gasteiger partial charge in [0.2, 0.25) is 0 Å². The first-order valence-electron chi connectivity index (χ1n) is 13.7. The first-order valence-corrected chi connectivity index (χ1v) is 13.7. The van der Waals surface area contributed by atoms with Crippen LogP contribution in [0.5, 0.6) is 0 Å². The van der Waals surface area contributed by atoms with Gasteiger partial charge in [-0.3, -0.25) is 4.79 Å². The molecule has 1 aromatic carbocycles. The molecule has 2 amide bonds. The molecule has 0 saturated carbocycles. The summed E-state index contributed by atoms with van der Waals surface area (Å²) in [6.45, 7) is 9.18. The molecule has 10 heteroatoms. The van der Waals surface area contributed by atoms with Crippen LogP contribution in [0.4, 0.5) is 16.3 Å². The van der Waals surface area contributed by atoms with Crippen molar-refractivity contribution in [2.45, 2.75) is 33.1 Å². The molecule has 10 nitrogen and oxygen atoms in total. The zero-order valence-electron chi connectivity index (χ0n) is 22.9. The number of nitrogens with one attached hydrogen (secondary N) is 2. The molecule has 0 bridgehead atoms. The normalized spacial score (nSPS) is 18.3. The number of piperidine rings is 1. The highest BCUT2D eigenvalue weighted by Crippen LogP contribution is 2.29. The number of aromatic nitrogens is 1. The minimum Gasteiger partial charge on any atom is -0.450 e. The number of carbonyl (C=O) groups excluding carboxylic acids is 2. The number of nitrogens with two attached hydrogens (primary N) is 1. The van der Waals surface area contributed by atoms with E-state index in [0.717, 1.165) is 42.4 Å². The maximum Gasteiger partial charge on any atom is 0.410 e. The molecule has 1 unspecified atom stereocenters. The zero-order chi connectivity index (χ0) is 27.6. The Labute approximate surface area is 230 Å². The molecule has 0 spiro atoms. The Kier molecular flexibility index (Phi) is 9.91. The quantitative estimate of drug-likeness (QED) is 0.348. The average Bonchev–Trinajstić information content (AvgIpc) is 2.94. The first-order chi connectivity index (χ1) is 18.9. The van der Waals surface area contributed by atoms with Crippen LogP contribution in [0.25, 0.3) is 5.57 Å². The second kappa shape index (κ2) is 13.7. The summed E-state index contributed by atoms with van der Waals surface area (Å²) in [5, 5.41) is 6.09. The van der Waals surface area contributed by atoms with E-state index >= 15 is 0 Å². The van der Waals surface area contributed by atoms with Crippen molar-refractivity contribution in [3.63, 3.8) is 0 Å². The van der Waals surface area contributed by atoms with E-state index in [1.54, 1.807) is 42.3 Å². The van der Waals surface area contributed by atoms with Gasteiger partial charge in [-0.25, -0.2) is 9.78 Å². The Morgan fingerprint density at radius 1 is 1.21 bits per heavy atom. The number of likely N-dealkylation sites (tertiary alicyclic amines) is 1. The maximum atomic E-state index is 12.6. The van der Waals surface area contributed by atoms with Crippen LogP contribution in [-0.2, 0) is 4.74 Å². The molecule has 1 saturated heterocycles. The van der Waals surface area contributed by atoms with E-state index in [2.05, 4.69) is 32.4 Å². The molecule has 208 valence electrons. The van der Waals surface area contributed by atoms with Gasteiger partial charge in [0, 0.05) is 55.7 Å².